The Morgan fingerprint density at radius 1 is 0.892 bits per heavy atom. The Kier molecular flexibility index (Phi) is 10.8. The van der Waals surface area contributed by atoms with E-state index in [1.54, 1.807) is 0 Å². The molecule has 0 saturated heterocycles. The number of nitrogen functional groups attached to an aromatic ring is 2. The van der Waals surface area contributed by atoms with E-state index >= 15 is 0 Å². The molecule has 0 heterocycles. The van der Waals surface area contributed by atoms with Gasteiger partial charge in [0.15, 0.2) is 0 Å². The average Bonchev–Trinajstić information content (AvgIpc) is 2.69. The van der Waals surface area contributed by atoms with Gasteiger partial charge in [-0.3, -0.25) is 9.96 Å². The van der Waals surface area contributed by atoms with Crippen molar-refractivity contribution in [2.24, 2.45) is 0 Å². The first-order chi connectivity index (χ1) is 15.9. The Balaban J connectivity index is 0.00000342. The summed E-state index contributed by atoms with van der Waals surface area (Å²) < 4.78 is 104. The van der Waals surface area contributed by atoms with Gasteiger partial charge in [0.05, 0.1) is 21.2 Å². The quantitative estimate of drug-likeness (QED) is 0.148. The molecule has 2 aromatic carbocycles. The van der Waals surface area contributed by atoms with E-state index in [0.717, 1.165) is 24.3 Å². The second-order valence-corrected chi connectivity index (χ2v) is 11.5. The van der Waals surface area contributed by atoms with Crippen molar-refractivity contribution < 1.29 is 98.0 Å². The summed E-state index contributed by atoms with van der Waals surface area (Å²) in [5, 5.41) is 7.83. The molecule has 0 radical (unpaired) electrons. The zero-order valence-corrected chi connectivity index (χ0v) is 26.2. The molecule has 17 heteroatoms. The topological polar surface area (TPSA) is 245 Å². The standard InChI is InChI=1S/C20H19N3O9S3.2Na/c1-10-6-11(8-17(19(10)23)34(27,28)29)7-12-3-5-15(22)20(35(30,31)32)18(12)13-2-4-14(21)16(9-13)33(24,25)26;;/h2-9,23H,21-22H2,1H3,(H,24,25,26)(H,27,28,29)(H,30,31,32);;/q;2*+1/p-2. The summed E-state index contributed by atoms with van der Waals surface area (Å²) in [5.41, 5.74) is 9.62. The van der Waals surface area contributed by atoms with E-state index < -0.39 is 56.4 Å². The van der Waals surface area contributed by atoms with Crippen LogP contribution in [0.15, 0.2) is 68.3 Å². The van der Waals surface area contributed by atoms with Gasteiger partial charge in [-0.15, -0.1) is 0 Å². The minimum Gasteiger partial charge on any atom is -0.744 e. The number of benzene rings is 2. The van der Waals surface area contributed by atoms with Gasteiger partial charge in [0, 0.05) is 11.3 Å². The molecular weight excluding hydrogens is 568 g/mol. The van der Waals surface area contributed by atoms with E-state index in [4.69, 9.17) is 16.9 Å². The first-order valence-electron chi connectivity index (χ1n) is 9.34. The summed E-state index contributed by atoms with van der Waals surface area (Å²) >= 11 is 0. The molecule has 0 atom stereocenters. The van der Waals surface area contributed by atoms with Crippen LogP contribution in [0.5, 0.6) is 0 Å². The molecule has 0 spiro atoms. The Bertz CT molecular complexity index is 1710. The van der Waals surface area contributed by atoms with Crippen molar-refractivity contribution >= 4 is 53.5 Å². The largest absolute Gasteiger partial charge is 1.00 e. The summed E-state index contributed by atoms with van der Waals surface area (Å²) in [6.07, 6.45) is 3.46. The monoisotopic (exact) mass is 585 g/mol. The van der Waals surface area contributed by atoms with E-state index in [9.17, 15) is 38.9 Å². The Labute approximate surface area is 257 Å². The van der Waals surface area contributed by atoms with E-state index in [0.29, 0.717) is 0 Å². The molecule has 1 aliphatic rings. The van der Waals surface area contributed by atoms with Crippen LogP contribution in [0.1, 0.15) is 12.5 Å². The predicted octanol–water partition coefficient (Wildman–Crippen LogP) is -4.53. The molecule has 186 valence electrons. The van der Waals surface area contributed by atoms with Gasteiger partial charge in [-0.05, 0) is 65.6 Å². The van der Waals surface area contributed by atoms with Gasteiger partial charge in [0.25, 0.3) is 10.1 Å². The van der Waals surface area contributed by atoms with Crippen molar-refractivity contribution in [2.45, 2.75) is 16.7 Å². The van der Waals surface area contributed by atoms with Crippen LogP contribution >= 0.6 is 0 Å². The minimum atomic E-state index is -5.25. The maximum atomic E-state index is 12.1. The molecule has 6 N–H and O–H groups in total. The fraction of sp³-hybridized carbons (Fsp3) is 0.0500. The first-order valence-corrected chi connectivity index (χ1v) is 13.6. The second kappa shape index (κ2) is 11.8. The van der Waals surface area contributed by atoms with Gasteiger partial charge in [0.1, 0.15) is 25.1 Å². The molecular formula is C20H17N3Na2O9S3. The predicted molar refractivity (Wildman–Crippen MR) is 126 cm³/mol. The van der Waals surface area contributed by atoms with Crippen LogP contribution in [0.2, 0.25) is 0 Å². The third kappa shape index (κ3) is 7.40. The van der Waals surface area contributed by atoms with Crippen molar-refractivity contribution in [3.8, 4) is 11.1 Å². The molecule has 12 nitrogen and oxygen atoms in total. The smallest absolute Gasteiger partial charge is 0.744 e. The van der Waals surface area contributed by atoms with Crippen LogP contribution in [0.4, 0.5) is 11.4 Å². The normalized spacial score (nSPS) is 15.4. The van der Waals surface area contributed by atoms with Crippen molar-refractivity contribution in [3.63, 3.8) is 0 Å². The number of nitrogens with one attached hydrogen (secondary N) is 1. The molecule has 0 amide bonds. The van der Waals surface area contributed by atoms with Crippen LogP contribution in [-0.2, 0) is 30.4 Å². The van der Waals surface area contributed by atoms with Gasteiger partial charge >= 0.3 is 59.1 Å². The van der Waals surface area contributed by atoms with Crippen molar-refractivity contribution in [3.05, 3.63) is 64.1 Å². The zero-order chi connectivity index (χ0) is 26.5. The molecule has 1 aliphatic carbocycles. The van der Waals surface area contributed by atoms with E-state index in [-0.39, 0.29) is 92.6 Å². The fourth-order valence-corrected chi connectivity index (χ4v) is 5.63. The second-order valence-electron chi connectivity index (χ2n) is 7.44. The third-order valence-corrected chi connectivity index (χ3v) is 7.67. The number of nitrogens with two attached hydrogens (primary N) is 2. The van der Waals surface area contributed by atoms with Crippen LogP contribution < -0.4 is 70.6 Å². The molecule has 0 bridgehead atoms. The number of allylic oxidation sites excluding steroid dienone is 5. The molecule has 0 fully saturated rings. The van der Waals surface area contributed by atoms with Gasteiger partial charge in [-0.2, -0.15) is 8.42 Å². The van der Waals surface area contributed by atoms with E-state index in [1.165, 1.54) is 31.2 Å². The molecule has 3 rings (SSSR count). The van der Waals surface area contributed by atoms with Crippen LogP contribution in [-0.4, -0.2) is 44.6 Å². The fourth-order valence-electron chi connectivity index (χ4n) is 3.46. The van der Waals surface area contributed by atoms with E-state index in [2.05, 4.69) is 0 Å². The Morgan fingerprint density at radius 2 is 1.46 bits per heavy atom. The summed E-state index contributed by atoms with van der Waals surface area (Å²) in [7, 11) is -15.1. The number of hydrogen-bond acceptors (Lipinski definition) is 11. The summed E-state index contributed by atoms with van der Waals surface area (Å²) in [6.45, 7) is 1.38. The first kappa shape index (κ1) is 33.7. The Morgan fingerprint density at radius 3 is 1.97 bits per heavy atom. The maximum Gasteiger partial charge on any atom is 1.00 e. The van der Waals surface area contributed by atoms with Crippen LogP contribution in [0, 0.1) is 5.41 Å². The van der Waals surface area contributed by atoms with E-state index in [1.807, 2.05) is 0 Å². The summed E-state index contributed by atoms with van der Waals surface area (Å²) in [4.78, 5) is -2.48. The van der Waals surface area contributed by atoms with Crippen LogP contribution in [0.25, 0.3) is 17.2 Å². The van der Waals surface area contributed by atoms with Gasteiger partial charge in [0.2, 0.25) is 0 Å². The molecule has 0 saturated carbocycles. The molecule has 0 aromatic heterocycles. The number of hydrogen-bond donors (Lipinski definition) is 4. The number of rotatable bonds is 5. The van der Waals surface area contributed by atoms with Gasteiger partial charge in [-0.1, -0.05) is 12.1 Å². The van der Waals surface area contributed by atoms with Crippen molar-refractivity contribution in [1.29, 1.82) is 5.41 Å². The number of anilines is 2. The molecule has 37 heavy (non-hydrogen) atoms. The SMILES string of the molecule is CC1=CC(=Cc2ccc(N)c(S(=O)(=O)[O-])c2-c2ccc(N)c(S(=O)(=O)O)c2)C=C(S(=O)(=O)[O-])C1=N.[Na+].[Na+]. The van der Waals surface area contributed by atoms with Gasteiger partial charge < -0.3 is 20.6 Å². The minimum absolute atomic E-state index is 0. The third-order valence-electron chi connectivity index (χ3n) is 4.96. The van der Waals surface area contributed by atoms with Crippen LogP contribution in [0.3, 0.4) is 0 Å². The summed E-state index contributed by atoms with van der Waals surface area (Å²) in [6, 6.07) is 5.47. The molecule has 2 aromatic rings. The maximum absolute atomic E-state index is 12.1. The molecule has 0 aliphatic heterocycles. The summed E-state index contributed by atoms with van der Waals surface area (Å²) in [5.74, 6) is 0. The Hall–Kier alpha value is -1.34. The zero-order valence-electron chi connectivity index (χ0n) is 19.7. The van der Waals surface area contributed by atoms with Crippen molar-refractivity contribution in [1.82, 2.24) is 0 Å². The average molecular weight is 586 g/mol. The molecule has 0 unspecified atom stereocenters. The van der Waals surface area contributed by atoms with Crippen molar-refractivity contribution in [2.75, 3.05) is 11.5 Å². The van der Waals surface area contributed by atoms with Gasteiger partial charge in [-0.25, -0.2) is 16.8 Å².